The van der Waals surface area contributed by atoms with E-state index in [4.69, 9.17) is 5.11 Å². The highest BCUT2D eigenvalue weighted by Gasteiger charge is 2.12. The molecule has 0 aromatic carbocycles. The molecule has 1 nitrogen and oxygen atoms in total. The number of aliphatic hydroxyl groups excluding tert-OH is 1. The van der Waals surface area contributed by atoms with Crippen LogP contribution in [0, 0.1) is 0 Å². The van der Waals surface area contributed by atoms with Crippen LogP contribution >= 0.6 is 0 Å². The average molecular weight is 146 g/mol. The molecule has 0 aliphatic rings. The van der Waals surface area contributed by atoms with Crippen molar-refractivity contribution in [2.24, 2.45) is 0 Å². The van der Waals surface area contributed by atoms with E-state index >= 15 is 0 Å². The normalized spacial score (nSPS) is 15.7. The molecule has 0 radical (unpaired) electrons. The summed E-state index contributed by atoms with van der Waals surface area (Å²) in [6.45, 7) is 8.85. The van der Waals surface area contributed by atoms with Gasteiger partial charge in [0.05, 0.1) is 6.10 Å². The monoisotopic (exact) mass is 146 g/mol. The fourth-order valence-corrected chi connectivity index (χ4v) is 1.93. The van der Waals surface area contributed by atoms with Crippen molar-refractivity contribution in [3.05, 3.63) is 0 Å². The van der Waals surface area contributed by atoms with Gasteiger partial charge in [-0.1, -0.05) is 25.7 Å². The third kappa shape index (κ3) is 8.18. The van der Waals surface area contributed by atoms with Gasteiger partial charge in [0.25, 0.3) is 0 Å². The van der Waals surface area contributed by atoms with E-state index in [-0.39, 0.29) is 6.10 Å². The Bertz CT molecular complexity index is 73.5. The van der Waals surface area contributed by atoms with Crippen molar-refractivity contribution in [1.82, 2.24) is 0 Å². The van der Waals surface area contributed by atoms with Crippen LogP contribution in [0.5, 0.6) is 0 Å². The van der Waals surface area contributed by atoms with Crippen molar-refractivity contribution in [3.63, 3.8) is 0 Å². The molecule has 0 saturated heterocycles. The lowest BCUT2D eigenvalue weighted by molar-refractivity contribution is 0.190. The van der Waals surface area contributed by atoms with E-state index in [1.54, 1.807) is 0 Å². The number of rotatable bonds is 3. The predicted molar refractivity (Wildman–Crippen MR) is 44.5 cm³/mol. The summed E-state index contributed by atoms with van der Waals surface area (Å²) in [6.07, 6.45) is 0.882. The van der Waals surface area contributed by atoms with Crippen LogP contribution in [0.25, 0.3) is 0 Å². The Morgan fingerprint density at radius 3 is 1.89 bits per heavy atom. The Morgan fingerprint density at radius 2 is 1.78 bits per heavy atom. The largest absolute Gasteiger partial charge is 0.393 e. The van der Waals surface area contributed by atoms with Crippen LogP contribution in [0.1, 0.15) is 13.3 Å². The number of hydrogen-bond donors (Lipinski definition) is 1. The summed E-state index contributed by atoms with van der Waals surface area (Å²) in [5, 5.41) is 8.94. The molecule has 1 unspecified atom stereocenters. The molecular formula is C7H18OSi. The molecule has 0 amide bonds. The summed E-state index contributed by atoms with van der Waals surface area (Å²) < 4.78 is 0. The van der Waals surface area contributed by atoms with Crippen molar-refractivity contribution < 1.29 is 5.11 Å². The quantitative estimate of drug-likeness (QED) is 0.605. The first-order valence-electron chi connectivity index (χ1n) is 3.60. The van der Waals surface area contributed by atoms with Crippen LogP contribution in [0.3, 0.4) is 0 Å². The van der Waals surface area contributed by atoms with Gasteiger partial charge in [0.15, 0.2) is 0 Å². The van der Waals surface area contributed by atoms with Crippen molar-refractivity contribution in [3.8, 4) is 0 Å². The summed E-state index contributed by atoms with van der Waals surface area (Å²) in [6, 6.07) is 1.24. The molecule has 1 N–H and O–H groups in total. The Morgan fingerprint density at radius 1 is 1.33 bits per heavy atom. The van der Waals surface area contributed by atoms with Crippen LogP contribution in [-0.2, 0) is 0 Å². The van der Waals surface area contributed by atoms with E-state index in [0.29, 0.717) is 0 Å². The minimum absolute atomic E-state index is 0.100. The predicted octanol–water partition coefficient (Wildman–Crippen LogP) is 2.10. The van der Waals surface area contributed by atoms with E-state index in [1.807, 2.05) is 6.92 Å². The van der Waals surface area contributed by atoms with Crippen molar-refractivity contribution in [2.45, 2.75) is 45.1 Å². The molecule has 1 atom stereocenters. The number of hydrogen-bond acceptors (Lipinski definition) is 1. The first-order valence-corrected chi connectivity index (χ1v) is 7.30. The van der Waals surface area contributed by atoms with Gasteiger partial charge < -0.3 is 5.11 Å². The van der Waals surface area contributed by atoms with Gasteiger partial charge in [-0.25, -0.2) is 0 Å². The minimum Gasteiger partial charge on any atom is -0.393 e. The van der Waals surface area contributed by atoms with Crippen molar-refractivity contribution in [2.75, 3.05) is 0 Å². The smallest absolute Gasteiger partial charge is 0.0509 e. The average Bonchev–Trinajstić information content (AvgIpc) is 1.59. The van der Waals surface area contributed by atoms with E-state index < -0.39 is 8.07 Å². The molecule has 9 heavy (non-hydrogen) atoms. The minimum atomic E-state index is -0.880. The topological polar surface area (TPSA) is 20.2 Å². The highest BCUT2D eigenvalue weighted by atomic mass is 28.3. The zero-order chi connectivity index (χ0) is 7.49. The highest BCUT2D eigenvalue weighted by molar-refractivity contribution is 6.76. The lowest BCUT2D eigenvalue weighted by atomic mass is 10.3. The summed E-state index contributed by atoms with van der Waals surface area (Å²) in [5.41, 5.74) is 0. The lowest BCUT2D eigenvalue weighted by Crippen LogP contribution is -2.20. The molecule has 0 fully saturated rings. The van der Waals surface area contributed by atoms with Crippen LogP contribution in [-0.4, -0.2) is 19.3 Å². The van der Waals surface area contributed by atoms with Gasteiger partial charge >= 0.3 is 0 Å². The molecular weight excluding hydrogens is 128 g/mol. The Kier molecular flexibility index (Phi) is 3.44. The second-order valence-corrected chi connectivity index (χ2v) is 9.57. The third-order valence-corrected chi connectivity index (χ3v) is 3.10. The molecule has 2 heteroatoms. The summed E-state index contributed by atoms with van der Waals surface area (Å²) >= 11 is 0. The maximum absolute atomic E-state index is 8.94. The van der Waals surface area contributed by atoms with Crippen molar-refractivity contribution in [1.29, 1.82) is 0 Å². The molecule has 0 aliphatic heterocycles. The molecule has 0 saturated carbocycles. The van der Waals surface area contributed by atoms with Crippen LogP contribution in [0.2, 0.25) is 25.7 Å². The zero-order valence-electron chi connectivity index (χ0n) is 6.94. The molecule has 0 aromatic rings. The maximum Gasteiger partial charge on any atom is 0.0509 e. The second-order valence-electron chi connectivity index (χ2n) is 3.95. The maximum atomic E-state index is 8.94. The molecule has 0 aromatic heterocycles. The Balaban J connectivity index is 3.28. The van der Waals surface area contributed by atoms with Crippen LogP contribution in [0.4, 0.5) is 0 Å². The molecule has 0 heterocycles. The van der Waals surface area contributed by atoms with E-state index in [1.165, 1.54) is 6.04 Å². The van der Waals surface area contributed by atoms with Gasteiger partial charge in [0, 0.05) is 8.07 Å². The Labute approximate surface area is 59.1 Å². The first-order chi connectivity index (χ1) is 3.92. The van der Waals surface area contributed by atoms with Gasteiger partial charge in [-0.05, 0) is 13.3 Å². The van der Waals surface area contributed by atoms with E-state index in [0.717, 1.165) is 6.42 Å². The van der Waals surface area contributed by atoms with Crippen molar-refractivity contribution >= 4 is 8.07 Å². The first kappa shape index (κ1) is 9.18. The van der Waals surface area contributed by atoms with Crippen LogP contribution in [0.15, 0.2) is 0 Å². The van der Waals surface area contributed by atoms with Crippen LogP contribution < -0.4 is 0 Å². The van der Waals surface area contributed by atoms with E-state index in [9.17, 15) is 0 Å². The van der Waals surface area contributed by atoms with E-state index in [2.05, 4.69) is 19.6 Å². The molecule has 0 bridgehead atoms. The highest BCUT2D eigenvalue weighted by Crippen LogP contribution is 2.12. The summed E-state index contributed by atoms with van der Waals surface area (Å²) in [7, 11) is -0.880. The summed E-state index contributed by atoms with van der Waals surface area (Å²) in [5.74, 6) is 0. The fraction of sp³-hybridized carbons (Fsp3) is 1.00. The lowest BCUT2D eigenvalue weighted by Gasteiger charge is -2.15. The second kappa shape index (κ2) is 3.37. The Hall–Kier alpha value is 0.177. The van der Waals surface area contributed by atoms with Gasteiger partial charge in [-0.3, -0.25) is 0 Å². The van der Waals surface area contributed by atoms with Gasteiger partial charge in [-0.2, -0.15) is 0 Å². The molecule has 0 spiro atoms. The van der Waals surface area contributed by atoms with Gasteiger partial charge in [0.1, 0.15) is 0 Å². The standard InChI is InChI=1S/C7H18OSi/c1-7(8)5-6-9(2,3)4/h7-8H,5-6H2,1-4H3. The van der Waals surface area contributed by atoms with Gasteiger partial charge in [-0.15, -0.1) is 0 Å². The summed E-state index contributed by atoms with van der Waals surface area (Å²) in [4.78, 5) is 0. The zero-order valence-corrected chi connectivity index (χ0v) is 7.94. The molecule has 56 valence electrons. The molecule has 0 rings (SSSR count). The third-order valence-electron chi connectivity index (χ3n) is 1.31. The SMILES string of the molecule is CC(O)CC[Si](C)(C)C. The molecule has 0 aliphatic carbocycles. The fourth-order valence-electron chi connectivity index (χ4n) is 0.642. The van der Waals surface area contributed by atoms with Gasteiger partial charge in [0.2, 0.25) is 0 Å². The number of aliphatic hydroxyl groups is 1.